The molecule has 1 aromatic heterocycles. The lowest BCUT2D eigenvalue weighted by Crippen LogP contribution is -2.08. The third-order valence-electron chi connectivity index (χ3n) is 2.74. The summed E-state index contributed by atoms with van der Waals surface area (Å²) in [4.78, 5) is 8.14. The zero-order valence-corrected chi connectivity index (χ0v) is 13.9. The maximum absolute atomic E-state index is 6.08. The van der Waals surface area contributed by atoms with Gasteiger partial charge in [-0.3, -0.25) is 0 Å². The highest BCUT2D eigenvalue weighted by molar-refractivity contribution is 6.34. The van der Waals surface area contributed by atoms with Crippen LogP contribution in [0.15, 0.2) is 18.5 Å². The van der Waals surface area contributed by atoms with Crippen molar-refractivity contribution in [2.75, 3.05) is 40.6 Å². The Morgan fingerprint density at radius 3 is 2.09 bits per heavy atom. The molecule has 0 aliphatic rings. The lowest BCUT2D eigenvalue weighted by molar-refractivity contribution is 0.132. The molecule has 0 fully saturated rings. The second kappa shape index (κ2) is 9.63. The fourth-order valence-corrected chi connectivity index (χ4v) is 1.92. The first-order valence-electron chi connectivity index (χ1n) is 6.44. The van der Waals surface area contributed by atoms with E-state index < -0.39 is 0 Å². The molecule has 1 heterocycles. The van der Waals surface area contributed by atoms with Crippen molar-refractivity contribution in [2.45, 2.75) is 0 Å². The van der Waals surface area contributed by atoms with Crippen LogP contribution in [-0.2, 0) is 9.47 Å². The van der Waals surface area contributed by atoms with Crippen LogP contribution in [0.5, 0.6) is 11.5 Å². The predicted molar refractivity (Wildman–Crippen MR) is 86.5 cm³/mol. The van der Waals surface area contributed by atoms with Gasteiger partial charge in [-0.25, -0.2) is 9.97 Å². The van der Waals surface area contributed by atoms with Gasteiger partial charge in [0.25, 0.3) is 0 Å². The lowest BCUT2D eigenvalue weighted by Gasteiger charge is -2.13. The van der Waals surface area contributed by atoms with E-state index in [1.165, 1.54) is 6.33 Å². The predicted octanol–water partition coefficient (Wildman–Crippen LogP) is 2.76. The normalized spacial score (nSPS) is 10.3. The van der Waals surface area contributed by atoms with Crippen LogP contribution in [-0.4, -0.2) is 50.6 Å². The van der Waals surface area contributed by atoms with E-state index in [-0.39, 0.29) is 12.4 Å². The monoisotopic (exact) mass is 348 g/mol. The topological polar surface area (TPSA) is 62.7 Å². The van der Waals surface area contributed by atoms with Crippen LogP contribution < -0.4 is 9.47 Å². The highest BCUT2D eigenvalue weighted by Crippen LogP contribution is 2.33. The molecule has 0 atom stereocenters. The van der Waals surface area contributed by atoms with E-state index in [1.54, 1.807) is 26.4 Å². The van der Waals surface area contributed by atoms with Gasteiger partial charge in [0.05, 0.1) is 18.7 Å². The zero-order chi connectivity index (χ0) is 15.1. The van der Waals surface area contributed by atoms with Gasteiger partial charge in [-0.05, 0) is 6.07 Å². The largest absolute Gasteiger partial charge is 0.487 e. The molecule has 0 bridgehead atoms. The molecular formula is C14H18Cl2N2O4. The highest BCUT2D eigenvalue weighted by Gasteiger charge is 2.11. The van der Waals surface area contributed by atoms with Crippen molar-refractivity contribution < 1.29 is 18.9 Å². The molecule has 0 saturated carbocycles. The molecule has 6 nitrogen and oxygen atoms in total. The van der Waals surface area contributed by atoms with Gasteiger partial charge in [-0.2, -0.15) is 0 Å². The van der Waals surface area contributed by atoms with Gasteiger partial charge in [0.2, 0.25) is 0 Å². The molecule has 0 amide bonds. The lowest BCUT2D eigenvalue weighted by atomic mass is 10.2. The molecule has 0 aliphatic carbocycles. The second-order valence-electron chi connectivity index (χ2n) is 4.16. The Hall–Kier alpha value is -1.34. The molecule has 0 radical (unpaired) electrons. The summed E-state index contributed by atoms with van der Waals surface area (Å²) in [5.74, 6) is 1.16. The summed E-state index contributed by atoms with van der Waals surface area (Å²) in [6.45, 7) is 1.80. The van der Waals surface area contributed by atoms with Gasteiger partial charge in [-0.15, -0.1) is 12.4 Å². The fourth-order valence-electron chi connectivity index (χ4n) is 1.73. The van der Waals surface area contributed by atoms with Crippen molar-refractivity contribution in [2.24, 2.45) is 0 Å². The molecular weight excluding hydrogens is 331 g/mol. The Morgan fingerprint density at radius 2 is 1.50 bits per heavy atom. The summed E-state index contributed by atoms with van der Waals surface area (Å²) in [7, 11) is 3.23. The zero-order valence-electron chi connectivity index (χ0n) is 12.4. The molecule has 0 N–H and O–H groups in total. The third-order valence-corrected chi connectivity index (χ3v) is 3.04. The minimum absolute atomic E-state index is 0. The van der Waals surface area contributed by atoms with Gasteiger partial charge in [0.15, 0.2) is 11.5 Å². The number of aromatic nitrogens is 2. The summed E-state index contributed by atoms with van der Waals surface area (Å²) in [5.41, 5.74) is 0.696. The maximum Gasteiger partial charge on any atom is 0.163 e. The number of fused-ring (bicyclic) bond motifs is 1. The molecule has 0 unspecified atom stereocenters. The molecule has 22 heavy (non-hydrogen) atoms. The molecule has 2 aromatic rings. The van der Waals surface area contributed by atoms with Crippen molar-refractivity contribution in [3.8, 4) is 11.5 Å². The number of ether oxygens (including phenoxy) is 4. The van der Waals surface area contributed by atoms with Crippen LogP contribution in [0.25, 0.3) is 10.9 Å². The number of nitrogens with zero attached hydrogens (tertiary/aromatic N) is 2. The van der Waals surface area contributed by atoms with E-state index in [9.17, 15) is 0 Å². The summed E-state index contributed by atoms with van der Waals surface area (Å²) < 4.78 is 21.3. The number of hydrogen-bond acceptors (Lipinski definition) is 6. The number of rotatable bonds is 8. The van der Waals surface area contributed by atoms with Crippen LogP contribution in [0.2, 0.25) is 5.15 Å². The summed E-state index contributed by atoms with van der Waals surface area (Å²) in [6, 6.07) is 3.55. The smallest absolute Gasteiger partial charge is 0.163 e. The standard InChI is InChI=1S/C14H17ClN2O4.ClH/c1-18-3-5-20-12-7-10-11(16-9-17-14(10)15)8-13(12)21-6-4-19-2;/h7-9H,3-6H2,1-2H3;1H. The van der Waals surface area contributed by atoms with E-state index in [1.807, 2.05) is 0 Å². The summed E-state index contributed by atoms with van der Waals surface area (Å²) >= 11 is 6.08. The van der Waals surface area contributed by atoms with Gasteiger partial charge < -0.3 is 18.9 Å². The quantitative estimate of drug-likeness (QED) is 0.539. The Bertz CT molecular complexity index is 598. The van der Waals surface area contributed by atoms with Crippen LogP contribution in [0.3, 0.4) is 0 Å². The van der Waals surface area contributed by atoms with Gasteiger partial charge >= 0.3 is 0 Å². The van der Waals surface area contributed by atoms with Crippen LogP contribution in [0.4, 0.5) is 0 Å². The molecule has 0 aliphatic heterocycles. The Morgan fingerprint density at radius 1 is 0.909 bits per heavy atom. The first kappa shape index (κ1) is 18.7. The van der Waals surface area contributed by atoms with Crippen molar-refractivity contribution >= 4 is 34.9 Å². The minimum atomic E-state index is 0. The van der Waals surface area contributed by atoms with Crippen LogP contribution >= 0.6 is 24.0 Å². The third kappa shape index (κ3) is 4.84. The Balaban J connectivity index is 0.00000242. The summed E-state index contributed by atoms with van der Waals surface area (Å²) in [5, 5.41) is 1.09. The van der Waals surface area contributed by atoms with Crippen LogP contribution in [0, 0.1) is 0 Å². The molecule has 122 valence electrons. The highest BCUT2D eigenvalue weighted by atomic mass is 35.5. The molecule has 0 saturated heterocycles. The maximum atomic E-state index is 6.08. The average molecular weight is 349 g/mol. The number of benzene rings is 1. The first-order chi connectivity index (χ1) is 10.3. The van der Waals surface area contributed by atoms with Crippen molar-refractivity contribution in [3.05, 3.63) is 23.6 Å². The van der Waals surface area contributed by atoms with Crippen LogP contribution in [0.1, 0.15) is 0 Å². The number of hydrogen-bond donors (Lipinski definition) is 0. The first-order valence-corrected chi connectivity index (χ1v) is 6.81. The Labute approximate surface area is 140 Å². The number of methoxy groups -OCH3 is 2. The Kier molecular flexibility index (Phi) is 8.19. The molecule has 0 spiro atoms. The summed E-state index contributed by atoms with van der Waals surface area (Å²) in [6.07, 6.45) is 1.41. The average Bonchev–Trinajstić information content (AvgIpc) is 2.49. The van der Waals surface area contributed by atoms with Crippen molar-refractivity contribution in [1.82, 2.24) is 9.97 Å². The minimum Gasteiger partial charge on any atom is -0.487 e. The second-order valence-corrected chi connectivity index (χ2v) is 4.52. The van der Waals surface area contributed by atoms with Gasteiger partial charge in [0.1, 0.15) is 24.7 Å². The molecule has 2 rings (SSSR count). The van der Waals surface area contributed by atoms with E-state index >= 15 is 0 Å². The fraction of sp³-hybridized carbons (Fsp3) is 0.429. The van der Waals surface area contributed by atoms with Crippen molar-refractivity contribution in [1.29, 1.82) is 0 Å². The van der Waals surface area contributed by atoms with Gasteiger partial charge in [0, 0.05) is 25.7 Å². The van der Waals surface area contributed by atoms with E-state index in [2.05, 4.69) is 9.97 Å². The van der Waals surface area contributed by atoms with E-state index in [0.29, 0.717) is 54.0 Å². The number of halogens is 2. The molecule has 8 heteroatoms. The SMILES string of the molecule is COCCOc1cc2ncnc(Cl)c2cc1OCCOC.Cl. The molecule has 1 aromatic carbocycles. The van der Waals surface area contributed by atoms with Gasteiger partial charge in [-0.1, -0.05) is 11.6 Å². The van der Waals surface area contributed by atoms with E-state index in [4.69, 9.17) is 30.5 Å². The van der Waals surface area contributed by atoms with Crippen molar-refractivity contribution in [3.63, 3.8) is 0 Å². The van der Waals surface area contributed by atoms with E-state index in [0.717, 1.165) is 0 Å².